The average Bonchev–Trinajstić information content (AvgIpc) is 2.04. The molecule has 4 heteroatoms. The minimum Gasteiger partial charge on any atom is -0.350 e. The molecule has 2 atom stereocenters. The average molecular weight is 205 g/mol. The van der Waals surface area contributed by atoms with E-state index in [1.165, 1.54) is 0 Å². The summed E-state index contributed by atoms with van der Waals surface area (Å²) >= 11 is 1.79. The fourth-order valence-corrected chi connectivity index (χ4v) is 2.13. The van der Waals surface area contributed by atoms with E-state index >= 15 is 0 Å². The normalized spacial score (nSPS) is 33.2. The van der Waals surface area contributed by atoms with Gasteiger partial charge in [0.05, 0.1) is 12.7 Å². The molecule has 0 aromatic carbocycles. The maximum absolute atomic E-state index is 5.79. The fourth-order valence-electron chi connectivity index (χ4n) is 1.46. The molecule has 0 radical (unpaired) electrons. The summed E-state index contributed by atoms with van der Waals surface area (Å²) in [6.07, 6.45) is 2.32. The molecular formula is C9H19NO2S. The van der Waals surface area contributed by atoms with Crippen molar-refractivity contribution in [2.45, 2.75) is 25.7 Å². The Morgan fingerprint density at radius 3 is 2.77 bits per heavy atom. The van der Waals surface area contributed by atoms with Gasteiger partial charge in [0.1, 0.15) is 0 Å². The number of thioether (sulfide) groups is 1. The third kappa shape index (κ3) is 3.13. The van der Waals surface area contributed by atoms with Crippen molar-refractivity contribution in [1.29, 1.82) is 0 Å². The quantitative estimate of drug-likeness (QED) is 0.748. The van der Waals surface area contributed by atoms with Crippen LogP contribution in [0.25, 0.3) is 0 Å². The molecule has 0 spiro atoms. The van der Waals surface area contributed by atoms with Crippen molar-refractivity contribution in [3.05, 3.63) is 0 Å². The van der Waals surface area contributed by atoms with Crippen LogP contribution in [0.5, 0.6) is 0 Å². The SMILES string of the molecule is CSC[C@@H]1OC(C)(C)OCC1CN. The number of hydrogen-bond acceptors (Lipinski definition) is 4. The summed E-state index contributed by atoms with van der Waals surface area (Å²) in [5, 5.41) is 0. The van der Waals surface area contributed by atoms with E-state index in [0.29, 0.717) is 19.1 Å². The maximum atomic E-state index is 5.79. The van der Waals surface area contributed by atoms with E-state index in [4.69, 9.17) is 15.2 Å². The first kappa shape index (κ1) is 11.3. The summed E-state index contributed by atoms with van der Waals surface area (Å²) in [6.45, 7) is 5.26. The molecule has 1 saturated heterocycles. The molecule has 0 bridgehead atoms. The van der Waals surface area contributed by atoms with Crippen molar-refractivity contribution in [3.8, 4) is 0 Å². The van der Waals surface area contributed by atoms with Crippen molar-refractivity contribution >= 4 is 11.8 Å². The van der Waals surface area contributed by atoms with Crippen LogP contribution in [0.4, 0.5) is 0 Å². The van der Waals surface area contributed by atoms with Gasteiger partial charge in [-0.1, -0.05) is 0 Å². The minimum atomic E-state index is -0.438. The van der Waals surface area contributed by atoms with E-state index in [1.54, 1.807) is 11.8 Å². The molecule has 1 rings (SSSR count). The van der Waals surface area contributed by atoms with Gasteiger partial charge in [-0.05, 0) is 26.6 Å². The molecule has 0 saturated carbocycles. The van der Waals surface area contributed by atoms with E-state index in [9.17, 15) is 0 Å². The number of ether oxygens (including phenoxy) is 2. The first-order chi connectivity index (χ1) is 6.09. The number of nitrogens with two attached hydrogens (primary N) is 1. The molecule has 1 aliphatic heterocycles. The molecule has 1 fully saturated rings. The zero-order valence-corrected chi connectivity index (χ0v) is 9.39. The first-order valence-corrected chi connectivity index (χ1v) is 5.99. The van der Waals surface area contributed by atoms with Crippen molar-refractivity contribution in [2.75, 3.05) is 25.2 Å². The fraction of sp³-hybridized carbons (Fsp3) is 1.00. The molecule has 1 heterocycles. The lowest BCUT2D eigenvalue weighted by atomic mass is 10.0. The van der Waals surface area contributed by atoms with Crippen LogP contribution in [0.1, 0.15) is 13.8 Å². The molecule has 3 nitrogen and oxygen atoms in total. The molecule has 2 N–H and O–H groups in total. The first-order valence-electron chi connectivity index (χ1n) is 4.60. The molecule has 0 amide bonds. The topological polar surface area (TPSA) is 44.5 Å². The van der Waals surface area contributed by atoms with Gasteiger partial charge in [-0.3, -0.25) is 0 Å². The molecule has 13 heavy (non-hydrogen) atoms. The molecule has 0 aliphatic carbocycles. The van der Waals surface area contributed by atoms with E-state index in [2.05, 4.69) is 6.26 Å². The largest absolute Gasteiger partial charge is 0.350 e. The Bertz CT molecular complexity index is 164. The Hall–Kier alpha value is 0.230. The van der Waals surface area contributed by atoms with Crippen LogP contribution in [0.2, 0.25) is 0 Å². The summed E-state index contributed by atoms with van der Waals surface area (Å²) in [7, 11) is 0. The van der Waals surface area contributed by atoms with E-state index < -0.39 is 5.79 Å². The summed E-state index contributed by atoms with van der Waals surface area (Å²) in [6, 6.07) is 0. The Labute approximate surface area is 84.3 Å². The predicted octanol–water partition coefficient (Wildman–Crippen LogP) is 1.08. The second kappa shape index (κ2) is 4.64. The molecule has 1 aliphatic rings. The predicted molar refractivity (Wildman–Crippen MR) is 55.8 cm³/mol. The summed E-state index contributed by atoms with van der Waals surface area (Å²) in [4.78, 5) is 0. The Morgan fingerprint density at radius 2 is 2.23 bits per heavy atom. The molecule has 0 aromatic rings. The van der Waals surface area contributed by atoms with Gasteiger partial charge >= 0.3 is 0 Å². The van der Waals surface area contributed by atoms with Crippen LogP contribution < -0.4 is 5.73 Å². The third-order valence-corrected chi connectivity index (χ3v) is 2.90. The van der Waals surface area contributed by atoms with Gasteiger partial charge in [-0.25, -0.2) is 0 Å². The van der Waals surface area contributed by atoms with E-state index in [1.807, 2.05) is 13.8 Å². The maximum Gasteiger partial charge on any atom is 0.163 e. The van der Waals surface area contributed by atoms with Gasteiger partial charge in [-0.15, -0.1) is 0 Å². The zero-order valence-electron chi connectivity index (χ0n) is 8.58. The lowest BCUT2D eigenvalue weighted by Crippen LogP contribution is -2.49. The summed E-state index contributed by atoms with van der Waals surface area (Å²) in [5.41, 5.74) is 5.64. The van der Waals surface area contributed by atoms with Crippen molar-refractivity contribution in [3.63, 3.8) is 0 Å². The van der Waals surface area contributed by atoms with Crippen LogP contribution in [0.15, 0.2) is 0 Å². The van der Waals surface area contributed by atoms with Crippen LogP contribution in [0.3, 0.4) is 0 Å². The Kier molecular flexibility index (Phi) is 4.04. The highest BCUT2D eigenvalue weighted by atomic mass is 32.2. The highest BCUT2D eigenvalue weighted by molar-refractivity contribution is 7.98. The third-order valence-electron chi connectivity index (χ3n) is 2.24. The number of hydrogen-bond donors (Lipinski definition) is 1. The molecular weight excluding hydrogens is 186 g/mol. The lowest BCUT2D eigenvalue weighted by Gasteiger charge is -2.40. The second-order valence-corrected chi connectivity index (χ2v) is 4.73. The lowest BCUT2D eigenvalue weighted by molar-refractivity contribution is -0.286. The van der Waals surface area contributed by atoms with Crippen LogP contribution in [0, 0.1) is 5.92 Å². The van der Waals surface area contributed by atoms with Crippen molar-refractivity contribution < 1.29 is 9.47 Å². The Morgan fingerprint density at radius 1 is 1.54 bits per heavy atom. The zero-order chi connectivity index (χ0) is 9.90. The molecule has 0 aromatic heterocycles. The minimum absolute atomic E-state index is 0.240. The van der Waals surface area contributed by atoms with Crippen LogP contribution in [-0.2, 0) is 9.47 Å². The summed E-state index contributed by atoms with van der Waals surface area (Å²) < 4.78 is 11.3. The van der Waals surface area contributed by atoms with Crippen LogP contribution >= 0.6 is 11.8 Å². The standard InChI is InChI=1S/C9H19NO2S/c1-9(2)11-5-7(4-10)8(12-9)6-13-3/h7-8H,4-6,10H2,1-3H3/t7?,8-/m0/s1. The number of rotatable bonds is 3. The highest BCUT2D eigenvalue weighted by Gasteiger charge is 2.35. The Balaban J connectivity index is 2.52. The van der Waals surface area contributed by atoms with Gasteiger partial charge in [-0.2, -0.15) is 11.8 Å². The monoisotopic (exact) mass is 205 g/mol. The van der Waals surface area contributed by atoms with Gasteiger partial charge < -0.3 is 15.2 Å². The van der Waals surface area contributed by atoms with Gasteiger partial charge in [0.2, 0.25) is 0 Å². The van der Waals surface area contributed by atoms with Gasteiger partial charge in [0, 0.05) is 11.7 Å². The van der Waals surface area contributed by atoms with Crippen LogP contribution in [-0.4, -0.2) is 37.1 Å². The molecule has 78 valence electrons. The van der Waals surface area contributed by atoms with Gasteiger partial charge in [0.25, 0.3) is 0 Å². The van der Waals surface area contributed by atoms with E-state index in [0.717, 1.165) is 5.75 Å². The highest BCUT2D eigenvalue weighted by Crippen LogP contribution is 2.27. The smallest absolute Gasteiger partial charge is 0.163 e. The van der Waals surface area contributed by atoms with Crippen molar-refractivity contribution in [1.82, 2.24) is 0 Å². The van der Waals surface area contributed by atoms with Gasteiger partial charge in [0.15, 0.2) is 5.79 Å². The van der Waals surface area contributed by atoms with E-state index in [-0.39, 0.29) is 6.10 Å². The second-order valence-electron chi connectivity index (χ2n) is 3.82. The van der Waals surface area contributed by atoms with Crippen molar-refractivity contribution in [2.24, 2.45) is 11.7 Å². The summed E-state index contributed by atoms with van der Waals surface area (Å²) in [5.74, 6) is 0.904. The molecule has 1 unspecified atom stereocenters.